The molecule has 26 heavy (non-hydrogen) atoms. The summed E-state index contributed by atoms with van der Waals surface area (Å²) in [5.74, 6) is -0.314. The van der Waals surface area contributed by atoms with Crippen molar-refractivity contribution in [3.8, 4) is 0 Å². The predicted molar refractivity (Wildman–Crippen MR) is 102 cm³/mol. The van der Waals surface area contributed by atoms with E-state index in [1.165, 1.54) is 11.3 Å². The lowest BCUT2D eigenvalue weighted by molar-refractivity contribution is 0.00578. The highest BCUT2D eigenvalue weighted by Crippen LogP contribution is 2.37. The van der Waals surface area contributed by atoms with Crippen molar-refractivity contribution >= 4 is 41.8 Å². The van der Waals surface area contributed by atoms with Crippen LogP contribution in [0.15, 0.2) is 23.7 Å². The van der Waals surface area contributed by atoms with Crippen LogP contribution in [0.25, 0.3) is 0 Å². The van der Waals surface area contributed by atoms with Gasteiger partial charge in [0.05, 0.1) is 11.2 Å². The minimum Gasteiger partial charge on any atom is -0.399 e. The number of aromatic nitrogens is 1. The highest BCUT2D eigenvalue weighted by Gasteiger charge is 2.52. The third-order valence-corrected chi connectivity index (χ3v) is 5.76. The molecule has 1 amide bonds. The van der Waals surface area contributed by atoms with Crippen molar-refractivity contribution in [1.29, 1.82) is 0 Å². The summed E-state index contributed by atoms with van der Waals surface area (Å²) >= 11 is 1.25. The van der Waals surface area contributed by atoms with Crippen LogP contribution in [0, 0.1) is 6.92 Å². The number of hydrogen-bond acceptors (Lipinski definition) is 6. The van der Waals surface area contributed by atoms with Gasteiger partial charge in [0.2, 0.25) is 0 Å². The Kier molecular flexibility index (Phi) is 4.77. The molecule has 1 aliphatic heterocycles. The molecular weight excluding hydrogens is 351 g/mol. The summed E-state index contributed by atoms with van der Waals surface area (Å²) in [5.41, 5.74) is 1.51. The van der Waals surface area contributed by atoms with E-state index in [9.17, 15) is 9.59 Å². The first-order chi connectivity index (χ1) is 12.1. The molecule has 6 nitrogen and oxygen atoms in total. The predicted octanol–water partition coefficient (Wildman–Crippen LogP) is 2.82. The number of carbonyl (C=O) groups excluding carboxylic acids is 2. The Morgan fingerprint density at radius 1 is 1.23 bits per heavy atom. The second-order valence-electron chi connectivity index (χ2n) is 7.28. The smallest absolute Gasteiger partial charge is 0.399 e. The van der Waals surface area contributed by atoms with Crippen LogP contribution < -0.4 is 10.8 Å². The fourth-order valence-electron chi connectivity index (χ4n) is 2.68. The van der Waals surface area contributed by atoms with E-state index in [2.05, 4.69) is 10.3 Å². The Labute approximate surface area is 157 Å². The van der Waals surface area contributed by atoms with Crippen LogP contribution in [0.4, 0.5) is 5.69 Å². The van der Waals surface area contributed by atoms with Crippen LogP contribution in [-0.2, 0) is 9.31 Å². The Morgan fingerprint density at radius 3 is 2.42 bits per heavy atom. The fraction of sp³-hybridized carbons (Fsp3) is 0.389. The molecule has 1 aromatic carbocycles. The number of nitrogens with zero attached hydrogens (tertiary/aromatic N) is 1. The number of aldehydes is 1. The highest BCUT2D eigenvalue weighted by molar-refractivity contribution is 7.11. The van der Waals surface area contributed by atoms with Gasteiger partial charge in [-0.25, -0.2) is 4.98 Å². The van der Waals surface area contributed by atoms with E-state index in [4.69, 9.17) is 9.31 Å². The number of thiazole rings is 1. The molecule has 2 heterocycles. The molecule has 0 saturated carbocycles. The zero-order valence-electron chi connectivity index (χ0n) is 15.5. The zero-order chi connectivity index (χ0) is 19.1. The van der Waals surface area contributed by atoms with E-state index in [-0.39, 0.29) is 5.91 Å². The molecule has 2 aromatic rings. The SMILES string of the molecule is Cc1c(NC(=O)c2nccs2)cc(C=O)cc1B1OC(C)(C)C(C)(C)O1. The van der Waals surface area contributed by atoms with E-state index in [0.29, 0.717) is 16.3 Å². The van der Waals surface area contributed by atoms with E-state index in [0.717, 1.165) is 17.3 Å². The van der Waals surface area contributed by atoms with Gasteiger partial charge in [-0.05, 0) is 51.7 Å². The van der Waals surface area contributed by atoms with Crippen molar-refractivity contribution in [1.82, 2.24) is 4.98 Å². The average molecular weight is 372 g/mol. The first-order valence-corrected chi connectivity index (χ1v) is 9.19. The number of amides is 1. The molecule has 1 aromatic heterocycles. The lowest BCUT2D eigenvalue weighted by atomic mass is 9.75. The van der Waals surface area contributed by atoms with Crippen molar-refractivity contribution in [2.24, 2.45) is 0 Å². The van der Waals surface area contributed by atoms with Gasteiger partial charge in [0.15, 0.2) is 5.01 Å². The number of benzene rings is 1. The van der Waals surface area contributed by atoms with Gasteiger partial charge in [0.25, 0.3) is 5.91 Å². The summed E-state index contributed by atoms with van der Waals surface area (Å²) < 4.78 is 12.2. The third kappa shape index (κ3) is 3.32. The summed E-state index contributed by atoms with van der Waals surface area (Å²) in [6.45, 7) is 9.74. The molecule has 0 spiro atoms. The van der Waals surface area contributed by atoms with Crippen LogP contribution in [0.2, 0.25) is 0 Å². The summed E-state index contributed by atoms with van der Waals surface area (Å²) in [6.07, 6.45) is 2.32. The second-order valence-corrected chi connectivity index (χ2v) is 8.17. The van der Waals surface area contributed by atoms with Gasteiger partial charge in [0, 0.05) is 22.8 Å². The molecule has 1 fully saturated rings. The largest absolute Gasteiger partial charge is 0.495 e. The lowest BCUT2D eigenvalue weighted by Gasteiger charge is -2.32. The molecule has 136 valence electrons. The second kappa shape index (κ2) is 6.61. The summed E-state index contributed by atoms with van der Waals surface area (Å²) in [4.78, 5) is 27.8. The van der Waals surface area contributed by atoms with Gasteiger partial charge >= 0.3 is 7.12 Å². The maximum Gasteiger partial charge on any atom is 0.495 e. The highest BCUT2D eigenvalue weighted by atomic mass is 32.1. The van der Waals surface area contributed by atoms with Gasteiger partial charge in [-0.1, -0.05) is 6.07 Å². The zero-order valence-corrected chi connectivity index (χ0v) is 16.3. The van der Waals surface area contributed by atoms with Crippen LogP contribution in [0.1, 0.15) is 53.4 Å². The van der Waals surface area contributed by atoms with Crippen molar-refractivity contribution < 1.29 is 18.9 Å². The molecule has 1 N–H and O–H groups in total. The Balaban J connectivity index is 1.97. The molecule has 8 heteroatoms. The molecule has 0 atom stereocenters. The molecule has 0 radical (unpaired) electrons. The molecule has 1 aliphatic rings. The monoisotopic (exact) mass is 372 g/mol. The van der Waals surface area contributed by atoms with E-state index in [1.54, 1.807) is 23.7 Å². The van der Waals surface area contributed by atoms with Gasteiger partial charge in [-0.15, -0.1) is 11.3 Å². The van der Waals surface area contributed by atoms with Crippen LogP contribution in [0.5, 0.6) is 0 Å². The fourth-order valence-corrected chi connectivity index (χ4v) is 3.21. The van der Waals surface area contributed by atoms with Crippen LogP contribution in [-0.4, -0.2) is 35.5 Å². The molecular formula is C18H21BN2O4S. The number of nitrogens with one attached hydrogen (secondary N) is 1. The first-order valence-electron chi connectivity index (χ1n) is 8.31. The van der Waals surface area contributed by atoms with E-state index in [1.807, 2.05) is 34.6 Å². The molecule has 0 aliphatic carbocycles. The lowest BCUT2D eigenvalue weighted by Crippen LogP contribution is -2.41. The maximum absolute atomic E-state index is 12.4. The van der Waals surface area contributed by atoms with Gasteiger partial charge < -0.3 is 14.6 Å². The topological polar surface area (TPSA) is 77.5 Å². The molecule has 0 bridgehead atoms. The van der Waals surface area contributed by atoms with Crippen LogP contribution in [0.3, 0.4) is 0 Å². The Hall–Kier alpha value is -2.03. The summed E-state index contributed by atoms with van der Waals surface area (Å²) in [7, 11) is -0.615. The van der Waals surface area contributed by atoms with Gasteiger partial charge in [-0.2, -0.15) is 0 Å². The van der Waals surface area contributed by atoms with Crippen LogP contribution >= 0.6 is 11.3 Å². The Morgan fingerprint density at radius 2 is 1.88 bits per heavy atom. The molecule has 3 rings (SSSR count). The van der Waals surface area contributed by atoms with E-state index >= 15 is 0 Å². The molecule has 0 unspecified atom stereocenters. The summed E-state index contributed by atoms with van der Waals surface area (Å²) in [6, 6.07) is 3.38. The van der Waals surface area contributed by atoms with Crippen molar-refractivity contribution in [2.75, 3.05) is 5.32 Å². The van der Waals surface area contributed by atoms with Crippen molar-refractivity contribution in [2.45, 2.75) is 45.8 Å². The minimum atomic E-state index is -0.615. The molecule has 1 saturated heterocycles. The van der Waals surface area contributed by atoms with E-state index < -0.39 is 18.3 Å². The third-order valence-electron chi connectivity index (χ3n) is 4.99. The van der Waals surface area contributed by atoms with Gasteiger partial charge in [-0.3, -0.25) is 9.59 Å². The number of hydrogen-bond donors (Lipinski definition) is 1. The van der Waals surface area contributed by atoms with Gasteiger partial charge in [0.1, 0.15) is 6.29 Å². The van der Waals surface area contributed by atoms with Crippen molar-refractivity contribution in [3.05, 3.63) is 39.8 Å². The average Bonchev–Trinajstić information content (AvgIpc) is 3.16. The normalized spacial score (nSPS) is 18.0. The first kappa shape index (κ1) is 18.8. The minimum absolute atomic E-state index is 0.314. The summed E-state index contributed by atoms with van der Waals surface area (Å²) in [5, 5.41) is 4.93. The maximum atomic E-state index is 12.4. The standard InChI is InChI=1S/C18H21BN2O4S/c1-11-13(19-24-17(2,3)18(4,5)25-19)8-12(10-22)9-14(11)21-15(23)16-20-6-7-26-16/h6-10H,1-5H3,(H,21,23). The number of carbonyl (C=O) groups is 2. The Bertz CT molecular complexity index is 833. The quantitative estimate of drug-likeness (QED) is 0.660. The number of rotatable bonds is 4. The number of anilines is 1. The van der Waals surface area contributed by atoms with Crippen molar-refractivity contribution in [3.63, 3.8) is 0 Å².